The van der Waals surface area contributed by atoms with E-state index in [1.165, 1.54) is 4.90 Å². The molecule has 1 aromatic rings. The van der Waals surface area contributed by atoms with E-state index in [1.807, 2.05) is 6.92 Å². The molecule has 3 aliphatic rings. The number of halogens is 2. The van der Waals surface area contributed by atoms with Gasteiger partial charge in [0.2, 0.25) is 5.91 Å². The third kappa shape index (κ3) is 4.08. The quantitative estimate of drug-likeness (QED) is 0.567. The van der Waals surface area contributed by atoms with Crippen molar-refractivity contribution in [3.8, 4) is 5.75 Å². The number of ether oxygens (including phenoxy) is 2. The molecule has 174 valence electrons. The summed E-state index contributed by atoms with van der Waals surface area (Å²) in [6, 6.07) is -0.544. The number of carbonyl (C=O) groups excluding carboxylic acids is 3. The summed E-state index contributed by atoms with van der Waals surface area (Å²) in [6.07, 6.45) is 0.581. The standard InChI is InChI=1S/C21H26Cl2N4O5/c1-11-5-6-13(28)27(11)18-14-16(15(22)17(23)24-18)31-10-12-9-25(7-8-26(12)19(14)29)20(30)32-21(2,3)4/h11-12H,5-10H2,1-4H3/t11?,12-/m1/s1. The normalized spacial score (nSPS) is 23.5. The maximum atomic E-state index is 13.7. The molecular weight excluding hydrogens is 459 g/mol. The van der Waals surface area contributed by atoms with E-state index >= 15 is 0 Å². The number of aromatic nitrogens is 1. The molecule has 3 aliphatic heterocycles. The van der Waals surface area contributed by atoms with E-state index in [0.717, 1.165) is 0 Å². The molecule has 11 heteroatoms. The number of piperazine rings is 1. The van der Waals surface area contributed by atoms with E-state index in [4.69, 9.17) is 32.7 Å². The Bertz CT molecular complexity index is 980. The topological polar surface area (TPSA) is 92.3 Å². The summed E-state index contributed by atoms with van der Waals surface area (Å²) in [5.41, 5.74) is -0.487. The van der Waals surface area contributed by atoms with Crippen LogP contribution in [-0.4, -0.2) is 76.6 Å². The van der Waals surface area contributed by atoms with Gasteiger partial charge in [0, 0.05) is 32.1 Å². The number of hydrogen-bond donors (Lipinski definition) is 0. The third-order valence-electron chi connectivity index (χ3n) is 5.78. The summed E-state index contributed by atoms with van der Waals surface area (Å²) in [6.45, 7) is 8.27. The van der Waals surface area contributed by atoms with Crippen molar-refractivity contribution in [2.45, 2.75) is 58.2 Å². The van der Waals surface area contributed by atoms with Gasteiger partial charge in [0.1, 0.15) is 22.8 Å². The van der Waals surface area contributed by atoms with Crippen molar-refractivity contribution in [2.24, 2.45) is 0 Å². The molecule has 32 heavy (non-hydrogen) atoms. The molecule has 0 aromatic carbocycles. The molecule has 1 unspecified atom stereocenters. The van der Waals surface area contributed by atoms with Gasteiger partial charge in [-0.05, 0) is 34.1 Å². The minimum atomic E-state index is -0.621. The van der Waals surface area contributed by atoms with Crippen LogP contribution in [0.1, 0.15) is 50.9 Å². The summed E-state index contributed by atoms with van der Waals surface area (Å²) in [5.74, 6) is -0.186. The molecule has 0 N–H and O–H groups in total. The average Bonchev–Trinajstić information content (AvgIpc) is 2.96. The highest BCUT2D eigenvalue weighted by Gasteiger charge is 2.43. The van der Waals surface area contributed by atoms with E-state index in [-0.39, 0.29) is 64.9 Å². The zero-order chi connectivity index (χ0) is 23.4. The number of fused-ring (bicyclic) bond motifs is 2. The van der Waals surface area contributed by atoms with Crippen molar-refractivity contribution >= 4 is 46.9 Å². The molecule has 4 rings (SSSR count). The Labute approximate surface area is 196 Å². The van der Waals surface area contributed by atoms with Crippen LogP contribution in [0.2, 0.25) is 10.2 Å². The van der Waals surface area contributed by atoms with Crippen LogP contribution in [0.25, 0.3) is 0 Å². The van der Waals surface area contributed by atoms with Gasteiger partial charge in [-0.2, -0.15) is 0 Å². The lowest BCUT2D eigenvalue weighted by molar-refractivity contribution is -0.117. The Morgan fingerprint density at radius 2 is 1.94 bits per heavy atom. The predicted molar refractivity (Wildman–Crippen MR) is 119 cm³/mol. The Balaban J connectivity index is 1.67. The molecular formula is C21H26Cl2N4O5. The molecule has 0 saturated carbocycles. The molecule has 4 heterocycles. The molecule has 0 radical (unpaired) electrons. The Hall–Kier alpha value is -2.26. The van der Waals surface area contributed by atoms with Crippen molar-refractivity contribution in [1.29, 1.82) is 0 Å². The lowest BCUT2D eigenvalue weighted by Gasteiger charge is -2.40. The molecule has 3 amide bonds. The van der Waals surface area contributed by atoms with Crippen LogP contribution in [0, 0.1) is 0 Å². The molecule has 2 atom stereocenters. The zero-order valence-electron chi connectivity index (χ0n) is 18.5. The summed E-state index contributed by atoms with van der Waals surface area (Å²) in [4.78, 5) is 47.8. The average molecular weight is 485 g/mol. The van der Waals surface area contributed by atoms with Gasteiger partial charge in [0.05, 0.1) is 6.04 Å². The van der Waals surface area contributed by atoms with Gasteiger partial charge in [0.15, 0.2) is 16.7 Å². The van der Waals surface area contributed by atoms with Gasteiger partial charge in [-0.15, -0.1) is 0 Å². The first kappa shape index (κ1) is 22.9. The van der Waals surface area contributed by atoms with Crippen LogP contribution in [0.4, 0.5) is 10.6 Å². The fourth-order valence-corrected chi connectivity index (χ4v) is 4.60. The smallest absolute Gasteiger partial charge is 0.410 e. The van der Waals surface area contributed by atoms with Crippen LogP contribution in [0.5, 0.6) is 5.75 Å². The maximum absolute atomic E-state index is 13.7. The Morgan fingerprint density at radius 3 is 2.56 bits per heavy atom. The van der Waals surface area contributed by atoms with Crippen LogP contribution < -0.4 is 9.64 Å². The molecule has 9 nitrogen and oxygen atoms in total. The molecule has 2 fully saturated rings. The highest BCUT2D eigenvalue weighted by atomic mass is 35.5. The first-order valence-electron chi connectivity index (χ1n) is 10.6. The number of pyridine rings is 1. The van der Waals surface area contributed by atoms with Gasteiger partial charge in [-0.25, -0.2) is 9.78 Å². The molecule has 0 bridgehead atoms. The number of anilines is 1. The van der Waals surface area contributed by atoms with E-state index in [2.05, 4.69) is 4.98 Å². The highest BCUT2D eigenvalue weighted by Crippen LogP contribution is 2.43. The monoisotopic (exact) mass is 484 g/mol. The van der Waals surface area contributed by atoms with Crippen LogP contribution >= 0.6 is 23.2 Å². The van der Waals surface area contributed by atoms with Gasteiger partial charge in [-0.1, -0.05) is 23.2 Å². The van der Waals surface area contributed by atoms with Crippen molar-refractivity contribution < 1.29 is 23.9 Å². The van der Waals surface area contributed by atoms with Gasteiger partial charge in [0.25, 0.3) is 5.91 Å². The Morgan fingerprint density at radius 1 is 1.22 bits per heavy atom. The molecule has 0 spiro atoms. The number of hydrogen-bond acceptors (Lipinski definition) is 6. The van der Waals surface area contributed by atoms with Crippen molar-refractivity contribution in [3.63, 3.8) is 0 Å². The lowest BCUT2D eigenvalue weighted by Crippen LogP contribution is -2.58. The third-order valence-corrected chi connectivity index (χ3v) is 6.50. The number of nitrogens with zero attached hydrogens (tertiary/aromatic N) is 4. The summed E-state index contributed by atoms with van der Waals surface area (Å²) in [5, 5.41) is -0.00252. The SMILES string of the molecule is CC1CCC(=O)N1c1nc(Cl)c(Cl)c2c1C(=O)N1CCN(C(=O)OC(C)(C)C)C[C@@H]1CO2. The second kappa shape index (κ2) is 8.26. The summed E-state index contributed by atoms with van der Waals surface area (Å²) in [7, 11) is 0. The van der Waals surface area contributed by atoms with Gasteiger partial charge in [-0.3, -0.25) is 14.5 Å². The van der Waals surface area contributed by atoms with Crippen LogP contribution in [0.3, 0.4) is 0 Å². The largest absolute Gasteiger partial charge is 0.489 e. The summed E-state index contributed by atoms with van der Waals surface area (Å²) >= 11 is 12.6. The fourth-order valence-electron chi connectivity index (χ4n) is 4.24. The van der Waals surface area contributed by atoms with E-state index < -0.39 is 17.7 Å². The minimum absolute atomic E-state index is 0.0295. The summed E-state index contributed by atoms with van der Waals surface area (Å²) < 4.78 is 11.4. The lowest BCUT2D eigenvalue weighted by atomic mass is 10.1. The van der Waals surface area contributed by atoms with E-state index in [1.54, 1.807) is 30.6 Å². The van der Waals surface area contributed by atoms with Crippen molar-refractivity contribution in [1.82, 2.24) is 14.8 Å². The first-order chi connectivity index (χ1) is 15.0. The van der Waals surface area contributed by atoms with Gasteiger partial charge >= 0.3 is 6.09 Å². The van der Waals surface area contributed by atoms with E-state index in [0.29, 0.717) is 19.4 Å². The first-order valence-corrected chi connectivity index (χ1v) is 11.4. The molecule has 2 saturated heterocycles. The fraction of sp³-hybridized carbons (Fsp3) is 0.619. The minimum Gasteiger partial charge on any atom is -0.489 e. The second-order valence-electron chi connectivity index (χ2n) is 9.29. The second-order valence-corrected chi connectivity index (χ2v) is 10.0. The highest BCUT2D eigenvalue weighted by molar-refractivity contribution is 6.43. The number of rotatable bonds is 1. The van der Waals surface area contributed by atoms with Crippen LogP contribution in [-0.2, 0) is 9.53 Å². The van der Waals surface area contributed by atoms with Gasteiger partial charge < -0.3 is 19.3 Å². The predicted octanol–water partition coefficient (Wildman–Crippen LogP) is 3.36. The molecule has 0 aliphatic carbocycles. The number of carbonyl (C=O) groups is 3. The molecule has 1 aromatic heterocycles. The van der Waals surface area contributed by atoms with Crippen molar-refractivity contribution in [2.75, 3.05) is 31.1 Å². The van der Waals surface area contributed by atoms with Crippen LogP contribution in [0.15, 0.2) is 0 Å². The number of amides is 3. The zero-order valence-corrected chi connectivity index (χ0v) is 20.0. The maximum Gasteiger partial charge on any atom is 0.410 e. The van der Waals surface area contributed by atoms with Crippen molar-refractivity contribution in [3.05, 3.63) is 15.7 Å². The Kier molecular flexibility index (Phi) is 5.92. The van der Waals surface area contributed by atoms with E-state index in [9.17, 15) is 14.4 Å².